The predicted molar refractivity (Wildman–Crippen MR) is 94.2 cm³/mol. The van der Waals surface area contributed by atoms with E-state index in [9.17, 15) is 14.4 Å². The van der Waals surface area contributed by atoms with Crippen molar-refractivity contribution in [2.75, 3.05) is 20.2 Å². The number of para-hydroxylation sites is 1. The van der Waals surface area contributed by atoms with Gasteiger partial charge in [0.1, 0.15) is 11.4 Å². The predicted octanol–water partition coefficient (Wildman–Crippen LogP) is 0.813. The van der Waals surface area contributed by atoms with Crippen LogP contribution in [0.15, 0.2) is 41.2 Å². The minimum atomic E-state index is -0.357. The average Bonchev–Trinajstić information content (AvgIpc) is 2.68. The van der Waals surface area contributed by atoms with Gasteiger partial charge in [-0.2, -0.15) is 5.10 Å². The molecular weight excluding hydrogens is 336 g/mol. The maximum atomic E-state index is 12.7. The molecule has 1 saturated heterocycles. The monoisotopic (exact) mass is 356 g/mol. The van der Waals surface area contributed by atoms with E-state index in [-0.39, 0.29) is 29.1 Å². The second kappa shape index (κ2) is 7.81. The molecule has 2 N–H and O–H groups in total. The van der Waals surface area contributed by atoms with Gasteiger partial charge in [-0.25, -0.2) is 5.10 Å². The van der Waals surface area contributed by atoms with E-state index in [1.807, 2.05) is 6.07 Å². The Kier molecular flexibility index (Phi) is 5.31. The number of ether oxygens (including phenoxy) is 1. The van der Waals surface area contributed by atoms with Gasteiger partial charge in [0.15, 0.2) is 0 Å². The first-order valence-corrected chi connectivity index (χ1v) is 8.37. The Hall–Kier alpha value is -3.16. The minimum absolute atomic E-state index is 0.0436. The molecule has 0 spiro atoms. The van der Waals surface area contributed by atoms with E-state index in [1.54, 1.807) is 30.2 Å². The number of hydrogen-bond acceptors (Lipinski definition) is 5. The van der Waals surface area contributed by atoms with Crippen molar-refractivity contribution >= 4 is 11.8 Å². The number of likely N-dealkylation sites (tertiary alicyclic amines) is 1. The first kappa shape index (κ1) is 17.7. The number of benzene rings is 1. The largest absolute Gasteiger partial charge is 0.496 e. The standard InChI is InChI=1S/C18H20N4O4/c1-26-15-5-3-2-4-13(15)18(25)22-10-8-12(9-11-22)19-17(24)14-6-7-16(23)21-20-14/h2-7,12H,8-11H2,1H3,(H,19,24)(H,21,23). The first-order valence-electron chi connectivity index (χ1n) is 8.37. The van der Waals surface area contributed by atoms with Crippen LogP contribution in [0.5, 0.6) is 5.75 Å². The summed E-state index contributed by atoms with van der Waals surface area (Å²) in [7, 11) is 1.54. The highest BCUT2D eigenvalue weighted by molar-refractivity contribution is 5.97. The molecule has 2 aromatic rings. The molecule has 3 rings (SSSR count). The number of carbonyl (C=O) groups excluding carboxylic acids is 2. The van der Waals surface area contributed by atoms with Gasteiger partial charge in [-0.05, 0) is 31.0 Å². The van der Waals surface area contributed by atoms with Gasteiger partial charge in [0.05, 0.1) is 12.7 Å². The summed E-state index contributed by atoms with van der Waals surface area (Å²) >= 11 is 0. The number of carbonyl (C=O) groups is 2. The maximum absolute atomic E-state index is 12.7. The number of rotatable bonds is 4. The number of hydrogen-bond donors (Lipinski definition) is 2. The highest BCUT2D eigenvalue weighted by Gasteiger charge is 2.26. The van der Waals surface area contributed by atoms with E-state index in [2.05, 4.69) is 15.5 Å². The zero-order chi connectivity index (χ0) is 18.5. The lowest BCUT2D eigenvalue weighted by atomic mass is 10.0. The first-order chi connectivity index (χ1) is 12.6. The molecule has 2 amide bonds. The van der Waals surface area contributed by atoms with Crippen LogP contribution in [-0.4, -0.2) is 53.2 Å². The Labute approximate surface area is 150 Å². The van der Waals surface area contributed by atoms with Crippen LogP contribution < -0.4 is 15.6 Å². The number of aromatic amines is 1. The lowest BCUT2D eigenvalue weighted by molar-refractivity contribution is 0.0694. The zero-order valence-electron chi connectivity index (χ0n) is 14.4. The highest BCUT2D eigenvalue weighted by Crippen LogP contribution is 2.21. The Morgan fingerprint density at radius 3 is 2.58 bits per heavy atom. The Morgan fingerprint density at radius 2 is 1.92 bits per heavy atom. The molecule has 1 aliphatic heterocycles. The van der Waals surface area contributed by atoms with Crippen LogP contribution in [0, 0.1) is 0 Å². The SMILES string of the molecule is COc1ccccc1C(=O)N1CCC(NC(=O)c2ccc(=O)[nH]n2)CC1. The number of methoxy groups -OCH3 is 1. The van der Waals surface area contributed by atoms with Gasteiger partial charge in [-0.3, -0.25) is 14.4 Å². The summed E-state index contributed by atoms with van der Waals surface area (Å²) in [5.74, 6) is 0.141. The van der Waals surface area contributed by atoms with Gasteiger partial charge >= 0.3 is 0 Å². The Bertz CT molecular complexity index is 836. The van der Waals surface area contributed by atoms with Gasteiger partial charge in [-0.15, -0.1) is 0 Å². The zero-order valence-corrected chi connectivity index (χ0v) is 14.4. The molecule has 8 nitrogen and oxygen atoms in total. The summed E-state index contributed by atoms with van der Waals surface area (Å²) in [6, 6.07) is 9.74. The lowest BCUT2D eigenvalue weighted by Gasteiger charge is -2.32. The van der Waals surface area contributed by atoms with E-state index < -0.39 is 0 Å². The molecule has 8 heteroatoms. The number of amides is 2. The third-order valence-electron chi connectivity index (χ3n) is 4.37. The van der Waals surface area contributed by atoms with Crippen LogP contribution in [0.3, 0.4) is 0 Å². The van der Waals surface area contributed by atoms with Crippen LogP contribution in [0.1, 0.15) is 33.7 Å². The van der Waals surface area contributed by atoms with Crippen LogP contribution in [0.2, 0.25) is 0 Å². The van der Waals surface area contributed by atoms with Crippen molar-refractivity contribution in [2.24, 2.45) is 0 Å². The number of nitrogens with one attached hydrogen (secondary N) is 2. The fourth-order valence-electron chi connectivity index (χ4n) is 2.95. The molecule has 136 valence electrons. The molecule has 0 saturated carbocycles. The summed E-state index contributed by atoms with van der Waals surface area (Å²) in [4.78, 5) is 37.6. The maximum Gasteiger partial charge on any atom is 0.271 e. The molecule has 0 unspecified atom stereocenters. The van der Waals surface area contributed by atoms with Crippen molar-refractivity contribution in [3.05, 3.63) is 58.0 Å². The number of H-pyrrole nitrogens is 1. The Morgan fingerprint density at radius 1 is 1.19 bits per heavy atom. The molecule has 26 heavy (non-hydrogen) atoms. The third-order valence-corrected chi connectivity index (χ3v) is 4.37. The molecule has 0 radical (unpaired) electrons. The van der Waals surface area contributed by atoms with E-state index in [0.29, 0.717) is 37.2 Å². The van der Waals surface area contributed by atoms with Crippen LogP contribution in [0.4, 0.5) is 0 Å². The van der Waals surface area contributed by atoms with Crippen LogP contribution in [0.25, 0.3) is 0 Å². The van der Waals surface area contributed by atoms with Crippen molar-refractivity contribution in [3.8, 4) is 5.75 Å². The van der Waals surface area contributed by atoms with Gasteiger partial charge in [0, 0.05) is 25.2 Å². The van der Waals surface area contributed by atoms with Crippen LogP contribution in [-0.2, 0) is 0 Å². The molecule has 1 aromatic heterocycles. The van der Waals surface area contributed by atoms with Crippen molar-refractivity contribution in [2.45, 2.75) is 18.9 Å². The van der Waals surface area contributed by atoms with Gasteiger partial charge in [-0.1, -0.05) is 12.1 Å². The van der Waals surface area contributed by atoms with Crippen molar-refractivity contribution in [3.63, 3.8) is 0 Å². The third kappa shape index (κ3) is 3.90. The van der Waals surface area contributed by atoms with E-state index in [4.69, 9.17) is 4.74 Å². The topological polar surface area (TPSA) is 104 Å². The lowest BCUT2D eigenvalue weighted by Crippen LogP contribution is -2.46. The van der Waals surface area contributed by atoms with E-state index in [0.717, 1.165) is 0 Å². The smallest absolute Gasteiger partial charge is 0.271 e. The van der Waals surface area contributed by atoms with E-state index in [1.165, 1.54) is 12.1 Å². The second-order valence-corrected chi connectivity index (χ2v) is 6.05. The minimum Gasteiger partial charge on any atom is -0.496 e. The molecule has 1 aromatic carbocycles. The van der Waals surface area contributed by atoms with E-state index >= 15 is 0 Å². The summed E-state index contributed by atoms with van der Waals surface area (Å²) in [5, 5.41) is 8.85. The number of aromatic nitrogens is 2. The van der Waals surface area contributed by atoms with Crippen molar-refractivity contribution < 1.29 is 14.3 Å². The molecular formula is C18H20N4O4. The molecule has 1 aliphatic rings. The van der Waals surface area contributed by atoms with Gasteiger partial charge in [0.25, 0.3) is 17.4 Å². The van der Waals surface area contributed by atoms with Crippen LogP contribution >= 0.6 is 0 Å². The van der Waals surface area contributed by atoms with Crippen molar-refractivity contribution in [1.82, 2.24) is 20.4 Å². The summed E-state index contributed by atoms with van der Waals surface area (Å²) in [5.41, 5.74) is 0.344. The van der Waals surface area contributed by atoms with Gasteiger partial charge in [0.2, 0.25) is 0 Å². The second-order valence-electron chi connectivity index (χ2n) is 6.05. The van der Waals surface area contributed by atoms with Crippen molar-refractivity contribution in [1.29, 1.82) is 0 Å². The summed E-state index contributed by atoms with van der Waals surface area (Å²) < 4.78 is 5.25. The normalized spacial score (nSPS) is 14.7. The molecule has 1 fully saturated rings. The quantitative estimate of drug-likeness (QED) is 0.844. The summed E-state index contributed by atoms with van der Waals surface area (Å²) in [6.07, 6.45) is 1.30. The average molecular weight is 356 g/mol. The summed E-state index contributed by atoms with van der Waals surface area (Å²) in [6.45, 7) is 1.09. The molecule has 0 atom stereocenters. The van der Waals surface area contributed by atoms with Gasteiger partial charge < -0.3 is 15.0 Å². The molecule has 0 bridgehead atoms. The molecule has 2 heterocycles. The molecule has 0 aliphatic carbocycles. The highest BCUT2D eigenvalue weighted by atomic mass is 16.5. The number of piperidine rings is 1. The fourth-order valence-corrected chi connectivity index (χ4v) is 2.95. The number of nitrogens with zero attached hydrogens (tertiary/aromatic N) is 2. The fraction of sp³-hybridized carbons (Fsp3) is 0.333. The Balaban J connectivity index is 1.57.